The summed E-state index contributed by atoms with van der Waals surface area (Å²) in [6.07, 6.45) is 6.90. The van der Waals surface area contributed by atoms with Gasteiger partial charge in [0.15, 0.2) is 0 Å². The largest absolute Gasteiger partial charge is 0.330 e. The number of aromatic nitrogens is 1. The first-order valence-electron chi connectivity index (χ1n) is 6.62. The maximum absolute atomic E-state index is 5.59. The van der Waals surface area contributed by atoms with Crippen LogP contribution in [0.4, 0.5) is 0 Å². The van der Waals surface area contributed by atoms with Gasteiger partial charge in [-0.2, -0.15) is 0 Å². The highest BCUT2D eigenvalue weighted by Crippen LogP contribution is 2.34. The lowest BCUT2D eigenvalue weighted by molar-refractivity contribution is 0.112. The number of hydrogen-bond donors (Lipinski definition) is 1. The van der Waals surface area contributed by atoms with Gasteiger partial charge in [0.25, 0.3) is 0 Å². The van der Waals surface area contributed by atoms with Crippen molar-refractivity contribution >= 4 is 11.3 Å². The highest BCUT2D eigenvalue weighted by Gasteiger charge is 2.27. The lowest BCUT2D eigenvalue weighted by atomic mass is 10.0. The second-order valence-electron chi connectivity index (χ2n) is 5.05. The van der Waals surface area contributed by atoms with Crippen molar-refractivity contribution in [2.75, 3.05) is 13.1 Å². The number of rotatable bonds is 4. The minimum atomic E-state index is 0.542. The van der Waals surface area contributed by atoms with Crippen LogP contribution in [0.5, 0.6) is 0 Å². The van der Waals surface area contributed by atoms with E-state index in [0.717, 1.165) is 13.0 Å². The van der Waals surface area contributed by atoms with Crippen molar-refractivity contribution in [1.29, 1.82) is 0 Å². The van der Waals surface area contributed by atoms with Crippen molar-refractivity contribution in [3.05, 3.63) is 16.1 Å². The van der Waals surface area contributed by atoms with Gasteiger partial charge in [-0.1, -0.05) is 6.42 Å². The predicted molar refractivity (Wildman–Crippen MR) is 73.3 cm³/mol. The Morgan fingerprint density at radius 2 is 2.35 bits per heavy atom. The van der Waals surface area contributed by atoms with Gasteiger partial charge in [-0.3, -0.25) is 4.90 Å². The Morgan fingerprint density at radius 3 is 3.06 bits per heavy atom. The number of thiazole rings is 1. The molecule has 1 atom stereocenters. The van der Waals surface area contributed by atoms with Crippen LogP contribution in [0.1, 0.15) is 49.0 Å². The van der Waals surface area contributed by atoms with Crippen molar-refractivity contribution in [2.45, 2.75) is 51.6 Å². The van der Waals surface area contributed by atoms with Crippen LogP contribution in [0, 0.1) is 0 Å². The highest BCUT2D eigenvalue weighted by atomic mass is 32.1. The number of likely N-dealkylation sites (tertiary alicyclic amines) is 1. The van der Waals surface area contributed by atoms with Gasteiger partial charge in [0, 0.05) is 17.1 Å². The molecule has 0 spiro atoms. The van der Waals surface area contributed by atoms with E-state index < -0.39 is 0 Å². The van der Waals surface area contributed by atoms with Gasteiger partial charge in [-0.05, 0) is 46.2 Å². The summed E-state index contributed by atoms with van der Waals surface area (Å²) in [5.74, 6) is 0. The van der Waals surface area contributed by atoms with Gasteiger partial charge < -0.3 is 5.73 Å². The Bertz CT molecular complexity index is 348. The van der Waals surface area contributed by atoms with Crippen LogP contribution in [-0.2, 0) is 6.42 Å². The van der Waals surface area contributed by atoms with Gasteiger partial charge >= 0.3 is 0 Å². The molecule has 3 nitrogen and oxygen atoms in total. The van der Waals surface area contributed by atoms with Crippen molar-refractivity contribution in [3.8, 4) is 0 Å². The van der Waals surface area contributed by atoms with Gasteiger partial charge in [0.05, 0.1) is 6.04 Å². The average molecular weight is 253 g/mol. The minimum absolute atomic E-state index is 0.542. The molecule has 1 aromatic heterocycles. The zero-order valence-corrected chi connectivity index (χ0v) is 11.7. The molecule has 96 valence electrons. The van der Waals surface area contributed by atoms with Crippen LogP contribution in [-0.4, -0.2) is 29.0 Å². The fourth-order valence-corrected chi connectivity index (χ4v) is 3.66. The zero-order chi connectivity index (χ0) is 12.3. The minimum Gasteiger partial charge on any atom is -0.330 e. The summed E-state index contributed by atoms with van der Waals surface area (Å²) < 4.78 is 0. The fourth-order valence-electron chi connectivity index (χ4n) is 2.57. The molecular weight excluding hydrogens is 230 g/mol. The van der Waals surface area contributed by atoms with E-state index in [9.17, 15) is 0 Å². The highest BCUT2D eigenvalue weighted by molar-refractivity contribution is 7.11. The molecule has 1 aliphatic rings. The third kappa shape index (κ3) is 3.06. The van der Waals surface area contributed by atoms with Crippen LogP contribution in [0.3, 0.4) is 0 Å². The van der Waals surface area contributed by atoms with E-state index in [-0.39, 0.29) is 0 Å². The first-order chi connectivity index (χ1) is 8.22. The molecule has 17 heavy (non-hydrogen) atoms. The van der Waals surface area contributed by atoms with E-state index in [2.05, 4.69) is 23.7 Å². The molecule has 2 rings (SSSR count). The maximum Gasteiger partial charge on any atom is 0.110 e. The molecule has 0 amide bonds. The molecule has 0 radical (unpaired) electrons. The summed E-state index contributed by atoms with van der Waals surface area (Å²) >= 11 is 1.85. The van der Waals surface area contributed by atoms with E-state index >= 15 is 0 Å². The number of hydrogen-bond acceptors (Lipinski definition) is 4. The van der Waals surface area contributed by atoms with E-state index in [0.29, 0.717) is 12.1 Å². The van der Waals surface area contributed by atoms with Crippen molar-refractivity contribution < 1.29 is 0 Å². The molecule has 1 saturated heterocycles. The van der Waals surface area contributed by atoms with E-state index in [1.165, 1.54) is 35.7 Å². The average Bonchev–Trinajstić information content (AvgIpc) is 2.78. The summed E-state index contributed by atoms with van der Waals surface area (Å²) in [6.45, 7) is 6.51. The number of nitrogens with two attached hydrogens (primary N) is 1. The zero-order valence-electron chi connectivity index (χ0n) is 10.9. The van der Waals surface area contributed by atoms with Crippen LogP contribution in [0.15, 0.2) is 6.20 Å². The van der Waals surface area contributed by atoms with Crippen molar-refractivity contribution in [1.82, 2.24) is 9.88 Å². The predicted octanol–water partition coefficient (Wildman–Crippen LogP) is 2.58. The number of piperidine rings is 1. The molecular formula is C13H23N3S. The molecule has 2 heterocycles. The van der Waals surface area contributed by atoms with E-state index in [1.807, 2.05) is 17.5 Å². The third-order valence-corrected chi connectivity index (χ3v) is 4.61. The summed E-state index contributed by atoms with van der Waals surface area (Å²) in [5.41, 5.74) is 5.59. The van der Waals surface area contributed by atoms with E-state index in [4.69, 9.17) is 5.73 Å². The Morgan fingerprint density at radius 1 is 1.53 bits per heavy atom. The maximum atomic E-state index is 5.59. The quantitative estimate of drug-likeness (QED) is 0.897. The standard InChI is InChI=1S/C13H23N3S/c1-10(2)16-8-4-3-5-12(16)13-15-9-11(17-13)6-7-14/h9-10,12H,3-8,14H2,1-2H3. The first-order valence-corrected chi connectivity index (χ1v) is 7.44. The lowest BCUT2D eigenvalue weighted by Gasteiger charge is -2.37. The van der Waals surface area contributed by atoms with Gasteiger partial charge in [-0.25, -0.2) is 4.98 Å². The molecule has 0 aromatic carbocycles. The second kappa shape index (κ2) is 5.94. The van der Waals surface area contributed by atoms with Crippen LogP contribution in [0.25, 0.3) is 0 Å². The third-order valence-electron chi connectivity index (χ3n) is 3.45. The summed E-state index contributed by atoms with van der Waals surface area (Å²) in [6, 6.07) is 1.16. The van der Waals surface area contributed by atoms with E-state index in [1.54, 1.807) is 0 Å². The number of nitrogens with zero attached hydrogens (tertiary/aromatic N) is 2. The Kier molecular flexibility index (Phi) is 4.54. The smallest absolute Gasteiger partial charge is 0.110 e. The van der Waals surface area contributed by atoms with Crippen LogP contribution in [0.2, 0.25) is 0 Å². The molecule has 2 N–H and O–H groups in total. The molecule has 1 unspecified atom stereocenters. The molecule has 1 aromatic rings. The van der Waals surface area contributed by atoms with Gasteiger partial charge in [0.2, 0.25) is 0 Å². The Labute approximate surface area is 108 Å². The van der Waals surface area contributed by atoms with Crippen LogP contribution < -0.4 is 5.73 Å². The monoisotopic (exact) mass is 253 g/mol. The van der Waals surface area contributed by atoms with Crippen LogP contribution >= 0.6 is 11.3 Å². The topological polar surface area (TPSA) is 42.2 Å². The molecule has 1 fully saturated rings. The van der Waals surface area contributed by atoms with Crippen molar-refractivity contribution in [3.63, 3.8) is 0 Å². The van der Waals surface area contributed by atoms with Gasteiger partial charge in [0.1, 0.15) is 5.01 Å². The normalized spacial score (nSPS) is 22.2. The molecule has 0 aliphatic carbocycles. The van der Waals surface area contributed by atoms with Gasteiger partial charge in [-0.15, -0.1) is 11.3 Å². The Hall–Kier alpha value is -0.450. The molecule has 0 saturated carbocycles. The molecule has 1 aliphatic heterocycles. The summed E-state index contributed by atoms with van der Waals surface area (Å²) in [5, 5.41) is 1.29. The molecule has 4 heteroatoms. The Balaban J connectivity index is 2.11. The SMILES string of the molecule is CC(C)N1CCCCC1c1ncc(CCN)s1. The van der Waals surface area contributed by atoms with Crippen molar-refractivity contribution in [2.24, 2.45) is 5.73 Å². The first kappa shape index (κ1) is 13.0. The summed E-state index contributed by atoms with van der Waals surface area (Å²) in [7, 11) is 0. The summed E-state index contributed by atoms with van der Waals surface area (Å²) in [4.78, 5) is 8.53. The lowest BCUT2D eigenvalue weighted by Crippen LogP contribution is -2.38. The second-order valence-corrected chi connectivity index (χ2v) is 6.19. The fraction of sp³-hybridized carbons (Fsp3) is 0.769. The molecule has 0 bridgehead atoms.